The van der Waals surface area contributed by atoms with Gasteiger partial charge in [0.25, 0.3) is 5.91 Å². The SMILES string of the molecule is CN(C)c1nc(NC2CCC(CNC(=O)c3cc(-c4ccccc4)nc4ccccc34)CC2)nc2ccccc12. The quantitative estimate of drug-likeness (QED) is 0.257. The molecule has 1 aliphatic rings. The summed E-state index contributed by atoms with van der Waals surface area (Å²) in [5, 5.41) is 8.73. The van der Waals surface area contributed by atoms with Gasteiger partial charge in [0.05, 0.1) is 22.3 Å². The first-order valence-corrected chi connectivity index (χ1v) is 14.0. The van der Waals surface area contributed by atoms with Gasteiger partial charge in [0.1, 0.15) is 5.82 Å². The molecule has 5 aromatic rings. The first-order valence-electron chi connectivity index (χ1n) is 14.0. The highest BCUT2D eigenvalue weighted by Gasteiger charge is 2.23. The second kappa shape index (κ2) is 11.3. The minimum Gasteiger partial charge on any atom is -0.362 e. The Balaban J connectivity index is 1.10. The van der Waals surface area contributed by atoms with E-state index in [9.17, 15) is 4.79 Å². The van der Waals surface area contributed by atoms with Crippen molar-refractivity contribution in [1.29, 1.82) is 0 Å². The topological polar surface area (TPSA) is 83.0 Å². The van der Waals surface area contributed by atoms with Gasteiger partial charge in [0.2, 0.25) is 5.95 Å². The van der Waals surface area contributed by atoms with Crippen molar-refractivity contribution in [1.82, 2.24) is 20.3 Å². The van der Waals surface area contributed by atoms with Gasteiger partial charge in [-0.3, -0.25) is 4.79 Å². The van der Waals surface area contributed by atoms with Crippen LogP contribution in [0.2, 0.25) is 0 Å². The van der Waals surface area contributed by atoms with Crippen LogP contribution in [0.15, 0.2) is 84.9 Å². The van der Waals surface area contributed by atoms with Crippen molar-refractivity contribution in [3.8, 4) is 11.3 Å². The summed E-state index contributed by atoms with van der Waals surface area (Å²) >= 11 is 0. The second-order valence-electron chi connectivity index (χ2n) is 10.8. The van der Waals surface area contributed by atoms with Crippen LogP contribution in [0.3, 0.4) is 0 Å². The predicted octanol–water partition coefficient (Wildman–Crippen LogP) is 6.31. The minimum atomic E-state index is -0.0446. The molecule has 202 valence electrons. The Hall–Kier alpha value is -4.52. The molecular weight excluding hydrogens is 496 g/mol. The van der Waals surface area contributed by atoms with Crippen molar-refractivity contribution < 1.29 is 4.79 Å². The Morgan fingerprint density at radius 1 is 0.800 bits per heavy atom. The van der Waals surface area contributed by atoms with E-state index >= 15 is 0 Å². The maximum Gasteiger partial charge on any atom is 0.252 e. The smallest absolute Gasteiger partial charge is 0.252 e. The van der Waals surface area contributed by atoms with Gasteiger partial charge in [-0.05, 0) is 55.9 Å². The third-order valence-electron chi connectivity index (χ3n) is 7.77. The molecule has 0 saturated heterocycles. The van der Waals surface area contributed by atoms with E-state index < -0.39 is 0 Å². The van der Waals surface area contributed by atoms with Crippen LogP contribution >= 0.6 is 0 Å². The molecular formula is C33H34N6O. The zero-order chi connectivity index (χ0) is 27.5. The molecule has 40 heavy (non-hydrogen) atoms. The fraction of sp³-hybridized carbons (Fsp3) is 0.273. The summed E-state index contributed by atoms with van der Waals surface area (Å²) in [6.45, 7) is 0.667. The number of hydrogen-bond donors (Lipinski definition) is 2. The summed E-state index contributed by atoms with van der Waals surface area (Å²) in [7, 11) is 4.02. The zero-order valence-electron chi connectivity index (χ0n) is 23.0. The molecule has 1 amide bonds. The van der Waals surface area contributed by atoms with Crippen molar-refractivity contribution >= 4 is 39.5 Å². The van der Waals surface area contributed by atoms with Gasteiger partial charge in [0.15, 0.2) is 0 Å². The maximum absolute atomic E-state index is 13.4. The fourth-order valence-corrected chi connectivity index (χ4v) is 5.61. The van der Waals surface area contributed by atoms with E-state index in [1.165, 1.54) is 0 Å². The first kappa shape index (κ1) is 25.7. The molecule has 0 atom stereocenters. The number of fused-ring (bicyclic) bond motifs is 2. The molecule has 1 saturated carbocycles. The summed E-state index contributed by atoms with van der Waals surface area (Å²) in [5.41, 5.74) is 4.25. The lowest BCUT2D eigenvalue weighted by atomic mass is 9.86. The number of pyridine rings is 1. The Bertz CT molecular complexity index is 1640. The van der Waals surface area contributed by atoms with Gasteiger partial charge >= 0.3 is 0 Å². The summed E-state index contributed by atoms with van der Waals surface area (Å²) in [5.74, 6) is 2.00. The number of amides is 1. The van der Waals surface area contributed by atoms with Crippen molar-refractivity contribution in [2.45, 2.75) is 31.7 Å². The molecule has 0 bridgehead atoms. The van der Waals surface area contributed by atoms with Crippen molar-refractivity contribution in [2.24, 2.45) is 5.92 Å². The number of carbonyl (C=O) groups excluding carboxylic acids is 1. The van der Waals surface area contributed by atoms with Gasteiger partial charge < -0.3 is 15.5 Å². The van der Waals surface area contributed by atoms with E-state index in [1.54, 1.807) is 0 Å². The highest BCUT2D eigenvalue weighted by atomic mass is 16.1. The van der Waals surface area contributed by atoms with Crippen molar-refractivity contribution in [2.75, 3.05) is 30.9 Å². The molecule has 3 aromatic carbocycles. The summed E-state index contributed by atoms with van der Waals surface area (Å²) in [6.07, 6.45) is 4.12. The second-order valence-corrected chi connectivity index (χ2v) is 10.8. The van der Waals surface area contributed by atoms with E-state index in [-0.39, 0.29) is 5.91 Å². The Morgan fingerprint density at radius 2 is 1.45 bits per heavy atom. The van der Waals surface area contributed by atoms with Crippen LogP contribution in [0, 0.1) is 5.92 Å². The highest BCUT2D eigenvalue weighted by molar-refractivity contribution is 6.07. The van der Waals surface area contributed by atoms with Crippen LogP contribution < -0.4 is 15.5 Å². The van der Waals surface area contributed by atoms with Crippen LogP contribution in [-0.2, 0) is 0 Å². The number of nitrogens with one attached hydrogen (secondary N) is 2. The summed E-state index contributed by atoms with van der Waals surface area (Å²) < 4.78 is 0. The number of benzene rings is 3. The number of rotatable bonds is 7. The molecule has 2 aromatic heterocycles. The lowest BCUT2D eigenvalue weighted by Gasteiger charge is -2.29. The largest absolute Gasteiger partial charge is 0.362 e. The maximum atomic E-state index is 13.4. The number of hydrogen-bond acceptors (Lipinski definition) is 6. The number of anilines is 2. The lowest BCUT2D eigenvalue weighted by molar-refractivity contribution is 0.0945. The fourth-order valence-electron chi connectivity index (χ4n) is 5.61. The molecule has 6 rings (SSSR count). The molecule has 2 heterocycles. The Kier molecular flexibility index (Phi) is 7.27. The van der Waals surface area contributed by atoms with E-state index in [2.05, 4.69) is 16.7 Å². The van der Waals surface area contributed by atoms with E-state index in [0.717, 1.165) is 64.6 Å². The molecule has 0 aliphatic heterocycles. The summed E-state index contributed by atoms with van der Waals surface area (Å²) in [6, 6.07) is 28.2. The van der Waals surface area contributed by atoms with E-state index in [1.807, 2.05) is 97.9 Å². The van der Waals surface area contributed by atoms with Crippen molar-refractivity contribution in [3.05, 3.63) is 90.5 Å². The number of aromatic nitrogens is 3. The number of nitrogens with zero attached hydrogens (tertiary/aromatic N) is 4. The van der Waals surface area contributed by atoms with Gasteiger partial charge in [-0.25, -0.2) is 9.97 Å². The molecule has 0 radical (unpaired) electrons. The monoisotopic (exact) mass is 530 g/mol. The lowest BCUT2D eigenvalue weighted by Crippen LogP contribution is -2.34. The Morgan fingerprint density at radius 3 is 2.17 bits per heavy atom. The third-order valence-corrected chi connectivity index (χ3v) is 7.77. The average Bonchev–Trinajstić information content (AvgIpc) is 3.00. The van der Waals surface area contributed by atoms with Crippen LogP contribution in [0.4, 0.5) is 11.8 Å². The predicted molar refractivity (Wildman–Crippen MR) is 163 cm³/mol. The van der Waals surface area contributed by atoms with Gasteiger partial charge in [-0.2, -0.15) is 4.98 Å². The Labute approximate surface area is 234 Å². The molecule has 2 N–H and O–H groups in total. The van der Waals surface area contributed by atoms with Gasteiger partial charge in [-0.1, -0.05) is 60.7 Å². The number of carbonyl (C=O) groups is 1. The minimum absolute atomic E-state index is 0.0446. The third kappa shape index (κ3) is 5.45. The molecule has 1 fully saturated rings. The highest BCUT2D eigenvalue weighted by Crippen LogP contribution is 2.29. The van der Waals surface area contributed by atoms with Crippen LogP contribution in [0.5, 0.6) is 0 Å². The normalized spacial score (nSPS) is 17.1. The molecule has 0 unspecified atom stereocenters. The van der Waals surface area contributed by atoms with Gasteiger partial charge in [0, 0.05) is 43.0 Å². The van der Waals surface area contributed by atoms with E-state index in [4.69, 9.17) is 15.0 Å². The summed E-state index contributed by atoms with van der Waals surface area (Å²) in [4.78, 5) is 29.8. The molecule has 7 nitrogen and oxygen atoms in total. The molecule has 0 spiro atoms. The molecule has 7 heteroatoms. The van der Waals surface area contributed by atoms with Crippen LogP contribution in [-0.4, -0.2) is 47.5 Å². The van der Waals surface area contributed by atoms with Crippen molar-refractivity contribution in [3.63, 3.8) is 0 Å². The number of para-hydroxylation sites is 2. The van der Waals surface area contributed by atoms with Crippen LogP contribution in [0.25, 0.3) is 33.1 Å². The zero-order valence-corrected chi connectivity index (χ0v) is 23.0. The van der Waals surface area contributed by atoms with Gasteiger partial charge in [-0.15, -0.1) is 0 Å². The molecule has 1 aliphatic carbocycles. The average molecular weight is 531 g/mol. The van der Waals surface area contributed by atoms with Crippen LogP contribution in [0.1, 0.15) is 36.0 Å². The first-order chi connectivity index (χ1) is 19.5. The van der Waals surface area contributed by atoms with E-state index in [0.29, 0.717) is 30.0 Å². The standard InChI is InChI=1S/C33H34N6O/c1-39(2)31-26-13-7-9-15-29(26)37-33(38-31)35-24-18-16-22(17-19-24)21-34-32(40)27-20-30(23-10-4-3-5-11-23)36-28-14-8-6-12-25(27)28/h3-15,20,22,24H,16-19,21H2,1-2H3,(H,34,40)(H,35,37,38).